The summed E-state index contributed by atoms with van der Waals surface area (Å²) in [6, 6.07) is 14.2. The molecule has 0 spiro atoms. The zero-order chi connectivity index (χ0) is 20.7. The topological polar surface area (TPSA) is 59.8 Å². The lowest BCUT2D eigenvalue weighted by molar-refractivity contribution is -0.116. The third-order valence-corrected chi connectivity index (χ3v) is 6.67. The number of benzene rings is 2. The van der Waals surface area contributed by atoms with E-state index in [1.165, 1.54) is 23.9 Å². The lowest BCUT2D eigenvalue weighted by atomic mass is 9.85. The standard InChI is InChI=1S/C22H18BrFN4OS/c23-15-6-2-5-14(11-15)20-19-17(8-3-9-18(19)29)25-21-26-22(27-28(20)21)30-12-13-4-1-7-16(24)10-13/h1-2,4-7,10-11,20H,3,8-9,12H2,(H,25,26,27). The summed E-state index contributed by atoms with van der Waals surface area (Å²) in [6.45, 7) is 0. The highest BCUT2D eigenvalue weighted by molar-refractivity contribution is 9.10. The molecule has 5 nitrogen and oxygen atoms in total. The normalized spacial score (nSPS) is 18.1. The van der Waals surface area contributed by atoms with Crippen LogP contribution in [0, 0.1) is 5.82 Å². The Morgan fingerprint density at radius 2 is 2.07 bits per heavy atom. The Morgan fingerprint density at radius 3 is 2.90 bits per heavy atom. The number of hydrogen-bond donors (Lipinski definition) is 1. The molecule has 0 radical (unpaired) electrons. The minimum atomic E-state index is -0.308. The summed E-state index contributed by atoms with van der Waals surface area (Å²) < 4.78 is 16.2. The van der Waals surface area contributed by atoms with Crippen molar-refractivity contribution in [1.29, 1.82) is 0 Å². The number of aromatic nitrogens is 3. The largest absolute Gasteiger partial charge is 0.328 e. The molecular formula is C22H18BrFN4OS. The summed E-state index contributed by atoms with van der Waals surface area (Å²) in [5.74, 6) is 1.10. The zero-order valence-electron chi connectivity index (χ0n) is 15.9. The molecule has 2 heterocycles. The summed E-state index contributed by atoms with van der Waals surface area (Å²) in [4.78, 5) is 17.5. The third kappa shape index (κ3) is 3.70. The van der Waals surface area contributed by atoms with Crippen molar-refractivity contribution in [2.24, 2.45) is 0 Å². The van der Waals surface area contributed by atoms with Crippen LogP contribution in [0.5, 0.6) is 0 Å². The number of nitrogens with zero attached hydrogens (tertiary/aromatic N) is 3. The number of fused-ring (bicyclic) bond motifs is 1. The van der Waals surface area contributed by atoms with Crippen molar-refractivity contribution in [3.63, 3.8) is 0 Å². The van der Waals surface area contributed by atoms with Crippen molar-refractivity contribution in [1.82, 2.24) is 14.8 Å². The highest BCUT2D eigenvalue weighted by atomic mass is 79.9. The molecule has 0 bridgehead atoms. The molecule has 30 heavy (non-hydrogen) atoms. The van der Waals surface area contributed by atoms with Crippen LogP contribution in [0.25, 0.3) is 0 Å². The molecule has 1 aromatic heterocycles. The first-order chi connectivity index (χ1) is 14.6. The summed E-state index contributed by atoms with van der Waals surface area (Å²) in [5, 5.41) is 8.64. The maximum atomic E-state index is 13.5. The number of thioether (sulfide) groups is 1. The number of carbonyl (C=O) groups is 1. The van der Waals surface area contributed by atoms with Crippen molar-refractivity contribution in [2.75, 3.05) is 5.32 Å². The number of allylic oxidation sites excluding steroid dienone is 2. The van der Waals surface area contributed by atoms with Crippen LogP contribution >= 0.6 is 27.7 Å². The second kappa shape index (κ2) is 8.00. The Balaban J connectivity index is 1.51. The Bertz CT molecular complexity index is 1180. The fourth-order valence-electron chi connectivity index (χ4n) is 3.96. The Kier molecular flexibility index (Phi) is 5.20. The lowest BCUT2D eigenvalue weighted by Gasteiger charge is -2.32. The molecule has 152 valence electrons. The van der Waals surface area contributed by atoms with Crippen molar-refractivity contribution >= 4 is 39.4 Å². The molecule has 0 saturated carbocycles. The van der Waals surface area contributed by atoms with Crippen molar-refractivity contribution in [3.05, 3.63) is 81.2 Å². The second-order valence-corrected chi connectivity index (χ2v) is 9.19. The predicted molar refractivity (Wildman–Crippen MR) is 118 cm³/mol. The molecule has 0 saturated heterocycles. The number of rotatable bonds is 4. The van der Waals surface area contributed by atoms with Crippen molar-refractivity contribution < 1.29 is 9.18 Å². The van der Waals surface area contributed by atoms with E-state index >= 15 is 0 Å². The van der Waals surface area contributed by atoms with Crippen LogP contribution < -0.4 is 5.32 Å². The Labute approximate surface area is 185 Å². The fourth-order valence-corrected chi connectivity index (χ4v) is 5.15. The molecule has 3 aromatic rings. The molecule has 5 rings (SSSR count). The van der Waals surface area contributed by atoms with E-state index in [1.807, 2.05) is 30.3 Å². The van der Waals surface area contributed by atoms with Gasteiger partial charge in [0.25, 0.3) is 0 Å². The van der Waals surface area contributed by atoms with Crippen LogP contribution in [-0.2, 0) is 10.5 Å². The van der Waals surface area contributed by atoms with Crippen LogP contribution in [0.3, 0.4) is 0 Å². The molecule has 0 amide bonds. The van der Waals surface area contributed by atoms with Crippen molar-refractivity contribution in [3.8, 4) is 0 Å². The van der Waals surface area contributed by atoms with Gasteiger partial charge in [-0.15, -0.1) is 5.10 Å². The lowest BCUT2D eigenvalue weighted by Crippen LogP contribution is -2.31. The average molecular weight is 485 g/mol. The molecule has 0 fully saturated rings. The number of halogens is 2. The number of anilines is 1. The molecule has 1 aliphatic carbocycles. The number of carbonyl (C=O) groups excluding carboxylic acids is 1. The predicted octanol–water partition coefficient (Wildman–Crippen LogP) is 5.49. The summed E-state index contributed by atoms with van der Waals surface area (Å²) in [6.07, 6.45) is 2.21. The Hall–Kier alpha value is -2.45. The first kappa shape index (κ1) is 19.5. The molecule has 2 aliphatic rings. The van der Waals surface area contributed by atoms with Crippen LogP contribution in [0.15, 0.2) is 69.4 Å². The fraction of sp³-hybridized carbons (Fsp3) is 0.227. The van der Waals surface area contributed by atoms with Gasteiger partial charge in [-0.05, 0) is 48.2 Å². The summed E-state index contributed by atoms with van der Waals surface area (Å²) >= 11 is 4.98. The van der Waals surface area contributed by atoms with E-state index in [-0.39, 0.29) is 17.6 Å². The molecule has 1 aliphatic heterocycles. The van der Waals surface area contributed by atoms with E-state index in [9.17, 15) is 9.18 Å². The van der Waals surface area contributed by atoms with Crippen molar-refractivity contribution in [2.45, 2.75) is 36.2 Å². The van der Waals surface area contributed by atoms with Gasteiger partial charge in [-0.2, -0.15) is 4.98 Å². The van der Waals surface area contributed by atoms with Crippen LogP contribution in [0.4, 0.5) is 10.3 Å². The van der Waals surface area contributed by atoms with Gasteiger partial charge >= 0.3 is 0 Å². The van der Waals surface area contributed by atoms with Gasteiger partial charge in [0.1, 0.15) is 11.9 Å². The summed E-state index contributed by atoms with van der Waals surface area (Å²) in [5.41, 5.74) is 3.58. The quantitative estimate of drug-likeness (QED) is 0.495. The van der Waals surface area contributed by atoms with Gasteiger partial charge in [0, 0.05) is 27.9 Å². The summed E-state index contributed by atoms with van der Waals surface area (Å²) in [7, 11) is 0. The van der Waals surface area contributed by atoms with Gasteiger partial charge in [0.05, 0.1) is 0 Å². The van der Waals surface area contributed by atoms with Gasteiger partial charge in [-0.3, -0.25) is 4.79 Å². The first-order valence-corrected chi connectivity index (χ1v) is 11.5. The first-order valence-electron chi connectivity index (χ1n) is 9.71. The molecule has 2 aromatic carbocycles. The minimum absolute atomic E-state index is 0.156. The van der Waals surface area contributed by atoms with Gasteiger partial charge in [-0.1, -0.05) is 52.0 Å². The highest BCUT2D eigenvalue weighted by Crippen LogP contribution is 2.41. The monoisotopic (exact) mass is 484 g/mol. The number of hydrogen-bond acceptors (Lipinski definition) is 5. The zero-order valence-corrected chi connectivity index (χ0v) is 18.3. The molecule has 8 heteroatoms. The van der Waals surface area contributed by atoms with Crippen LogP contribution in [0.2, 0.25) is 0 Å². The van der Waals surface area contributed by atoms with E-state index in [0.717, 1.165) is 39.7 Å². The van der Waals surface area contributed by atoms with E-state index < -0.39 is 0 Å². The molecule has 1 N–H and O–H groups in total. The maximum Gasteiger partial charge on any atom is 0.227 e. The van der Waals surface area contributed by atoms with E-state index in [4.69, 9.17) is 5.10 Å². The molecule has 1 unspecified atom stereocenters. The second-order valence-electron chi connectivity index (χ2n) is 7.33. The van der Waals surface area contributed by atoms with Crippen LogP contribution in [-0.4, -0.2) is 20.5 Å². The van der Waals surface area contributed by atoms with Crippen LogP contribution in [0.1, 0.15) is 36.4 Å². The number of ketones is 1. The minimum Gasteiger partial charge on any atom is -0.328 e. The SMILES string of the molecule is O=C1CCCC2=C1C(c1cccc(Br)c1)n1nc(SCc3cccc(F)c3)nc1N2. The maximum absolute atomic E-state index is 13.5. The van der Waals surface area contributed by atoms with Gasteiger partial charge < -0.3 is 5.32 Å². The highest BCUT2D eigenvalue weighted by Gasteiger charge is 2.36. The average Bonchev–Trinajstić information content (AvgIpc) is 3.13. The van der Waals surface area contributed by atoms with E-state index in [2.05, 4.69) is 26.2 Å². The van der Waals surface area contributed by atoms with Gasteiger partial charge in [-0.25, -0.2) is 9.07 Å². The van der Waals surface area contributed by atoms with E-state index in [1.54, 1.807) is 10.7 Å². The molecular weight excluding hydrogens is 467 g/mol. The number of nitrogens with one attached hydrogen (secondary N) is 1. The number of Topliss-reactive ketones (excluding diaryl/α,β-unsaturated/α-hetero) is 1. The third-order valence-electron chi connectivity index (χ3n) is 5.27. The van der Waals surface area contributed by atoms with Gasteiger partial charge in [0.15, 0.2) is 5.78 Å². The Morgan fingerprint density at radius 1 is 1.20 bits per heavy atom. The van der Waals surface area contributed by atoms with E-state index in [0.29, 0.717) is 23.3 Å². The van der Waals surface area contributed by atoms with Gasteiger partial charge in [0.2, 0.25) is 11.1 Å². The smallest absolute Gasteiger partial charge is 0.227 e. The molecule has 1 atom stereocenters.